The van der Waals surface area contributed by atoms with Crippen LogP contribution in [0.25, 0.3) is 0 Å². The van der Waals surface area contributed by atoms with E-state index in [4.69, 9.17) is 26.8 Å². The van der Waals surface area contributed by atoms with Gasteiger partial charge in [-0.1, -0.05) is 0 Å². The van der Waals surface area contributed by atoms with Gasteiger partial charge < -0.3 is 19.9 Å². The third kappa shape index (κ3) is 5.97. The lowest BCUT2D eigenvalue weighted by atomic mass is 10.5. The highest BCUT2D eigenvalue weighted by atomic mass is 32.2. The third-order valence-electron chi connectivity index (χ3n) is 1.92. The van der Waals surface area contributed by atoms with Crippen molar-refractivity contribution >= 4 is 27.2 Å². The van der Waals surface area contributed by atoms with Crippen LogP contribution >= 0.6 is 12.2 Å². The highest BCUT2D eigenvalue weighted by molar-refractivity contribution is 7.92. The fraction of sp³-hybridized carbons (Fsp3) is 0.667. The van der Waals surface area contributed by atoms with Gasteiger partial charge in [0, 0.05) is 5.70 Å². The van der Waals surface area contributed by atoms with Gasteiger partial charge in [-0.25, -0.2) is 8.42 Å². The molecule has 8 heteroatoms. The molecular formula is C9H15NO5S2. The van der Waals surface area contributed by atoms with E-state index in [1.54, 1.807) is 6.08 Å². The molecule has 1 heterocycles. The summed E-state index contributed by atoms with van der Waals surface area (Å²) in [4.78, 5) is 0. The maximum absolute atomic E-state index is 11.1. The zero-order valence-corrected chi connectivity index (χ0v) is 10.8. The minimum absolute atomic E-state index is 0.0302. The number of hydrogen-bond donors (Lipinski definition) is 2. The van der Waals surface area contributed by atoms with Gasteiger partial charge in [0.25, 0.3) is 5.17 Å². The fourth-order valence-electron chi connectivity index (χ4n) is 1.20. The van der Waals surface area contributed by atoms with E-state index < -0.39 is 9.84 Å². The van der Waals surface area contributed by atoms with E-state index in [0.717, 1.165) is 0 Å². The summed E-state index contributed by atoms with van der Waals surface area (Å²) < 4.78 is 32.3. The molecule has 0 atom stereocenters. The van der Waals surface area contributed by atoms with Gasteiger partial charge in [-0.2, -0.15) is 0 Å². The van der Waals surface area contributed by atoms with E-state index in [1.807, 2.05) is 0 Å². The van der Waals surface area contributed by atoms with Crippen molar-refractivity contribution in [3.05, 3.63) is 11.8 Å². The summed E-state index contributed by atoms with van der Waals surface area (Å²) in [5, 5.41) is 11.3. The maximum atomic E-state index is 11.1. The fourth-order valence-corrected chi connectivity index (χ4v) is 2.65. The summed E-state index contributed by atoms with van der Waals surface area (Å²) in [7, 11) is -3.00. The first-order valence-corrected chi connectivity index (χ1v) is 7.28. The molecule has 0 aromatic rings. The molecule has 1 aliphatic rings. The van der Waals surface area contributed by atoms with Crippen LogP contribution in [0, 0.1) is 0 Å². The molecule has 1 rings (SSSR count). The molecule has 1 aliphatic heterocycles. The van der Waals surface area contributed by atoms with Crippen molar-refractivity contribution in [1.82, 2.24) is 5.32 Å². The van der Waals surface area contributed by atoms with Gasteiger partial charge in [-0.15, -0.1) is 0 Å². The molecule has 17 heavy (non-hydrogen) atoms. The Balaban J connectivity index is 2.14. The van der Waals surface area contributed by atoms with Crippen molar-refractivity contribution < 1.29 is 23.0 Å². The van der Waals surface area contributed by atoms with E-state index >= 15 is 0 Å². The summed E-state index contributed by atoms with van der Waals surface area (Å²) in [6.45, 7) is 0.798. The van der Waals surface area contributed by atoms with Crippen molar-refractivity contribution in [2.24, 2.45) is 0 Å². The first kappa shape index (κ1) is 14.4. The lowest BCUT2D eigenvalue weighted by Gasteiger charge is -2.09. The van der Waals surface area contributed by atoms with Crippen molar-refractivity contribution in [2.75, 3.05) is 37.9 Å². The monoisotopic (exact) mass is 281 g/mol. The van der Waals surface area contributed by atoms with Gasteiger partial charge in [-0.3, -0.25) is 0 Å². The Morgan fingerprint density at radius 3 is 2.82 bits per heavy atom. The number of aliphatic hydroxyl groups excluding tert-OH is 1. The Hall–Kier alpha value is -0.700. The summed E-state index contributed by atoms with van der Waals surface area (Å²) in [5.74, 6) is 0.00900. The van der Waals surface area contributed by atoms with Crippen molar-refractivity contribution in [3.8, 4) is 0 Å². The molecule has 6 nitrogen and oxygen atoms in total. The van der Waals surface area contributed by atoms with Crippen LogP contribution in [-0.4, -0.2) is 56.6 Å². The minimum atomic E-state index is -3.00. The molecular weight excluding hydrogens is 266 g/mol. The number of rotatable bonds is 6. The predicted molar refractivity (Wildman–Crippen MR) is 66.3 cm³/mol. The topological polar surface area (TPSA) is 84.9 Å². The lowest BCUT2D eigenvalue weighted by molar-refractivity contribution is 0.0679. The zero-order chi connectivity index (χ0) is 12.7. The summed E-state index contributed by atoms with van der Waals surface area (Å²) >= 11 is 4.87. The van der Waals surface area contributed by atoms with Crippen LogP contribution in [-0.2, 0) is 19.3 Å². The molecule has 0 bridgehead atoms. The molecule has 0 aromatic heterocycles. The highest BCUT2D eigenvalue weighted by Crippen LogP contribution is 2.08. The largest absolute Gasteiger partial charge is 0.468 e. The van der Waals surface area contributed by atoms with Gasteiger partial charge in [-0.05, 0) is 18.3 Å². The van der Waals surface area contributed by atoms with Crippen molar-refractivity contribution in [2.45, 2.75) is 0 Å². The molecule has 0 amide bonds. The van der Waals surface area contributed by atoms with Crippen LogP contribution in [0.5, 0.6) is 0 Å². The smallest absolute Gasteiger partial charge is 0.261 e. The van der Waals surface area contributed by atoms with Crippen molar-refractivity contribution in [1.29, 1.82) is 0 Å². The van der Waals surface area contributed by atoms with Gasteiger partial charge in [0.2, 0.25) is 0 Å². The second kappa shape index (κ2) is 6.90. The minimum Gasteiger partial charge on any atom is -0.468 e. The Morgan fingerprint density at radius 1 is 1.47 bits per heavy atom. The molecule has 0 spiro atoms. The number of nitrogens with one attached hydrogen (secondary N) is 1. The molecule has 98 valence electrons. The van der Waals surface area contributed by atoms with Gasteiger partial charge in [0.05, 0.1) is 31.3 Å². The average Bonchev–Trinajstić information content (AvgIpc) is 2.57. The highest BCUT2D eigenvalue weighted by Gasteiger charge is 2.20. The molecule has 0 unspecified atom stereocenters. The summed E-state index contributed by atoms with van der Waals surface area (Å²) in [6, 6.07) is 0. The molecule has 0 aromatic carbocycles. The first-order chi connectivity index (χ1) is 8.03. The summed E-state index contributed by atoms with van der Waals surface area (Å²) in [5.41, 5.74) is 0.547. The van der Waals surface area contributed by atoms with Crippen LogP contribution in [0.15, 0.2) is 11.8 Å². The summed E-state index contributed by atoms with van der Waals surface area (Å²) in [6.07, 6.45) is 1.58. The zero-order valence-electron chi connectivity index (χ0n) is 9.22. The molecule has 0 saturated heterocycles. The standard InChI is InChI=1S/C9H15NO5S2/c11-2-3-14-4-5-15-9(16)10-8-1-6-17(12,13)7-8/h1,11H,2-7H2,(H,10,16). The van der Waals surface area contributed by atoms with E-state index in [9.17, 15) is 8.42 Å². The number of thiocarbonyl (C=S) groups is 1. The quantitative estimate of drug-likeness (QED) is 0.487. The van der Waals surface area contributed by atoms with E-state index in [2.05, 4.69) is 5.32 Å². The Kier molecular flexibility index (Phi) is 5.83. The molecule has 0 saturated carbocycles. The second-order valence-electron chi connectivity index (χ2n) is 3.38. The van der Waals surface area contributed by atoms with Crippen LogP contribution in [0.4, 0.5) is 0 Å². The van der Waals surface area contributed by atoms with E-state index in [1.165, 1.54) is 0 Å². The van der Waals surface area contributed by atoms with Crippen molar-refractivity contribution in [3.63, 3.8) is 0 Å². The molecule has 0 fully saturated rings. The van der Waals surface area contributed by atoms with Gasteiger partial charge >= 0.3 is 0 Å². The Bertz CT molecular complexity index is 390. The Morgan fingerprint density at radius 2 is 2.24 bits per heavy atom. The van der Waals surface area contributed by atoms with Crippen LogP contribution in [0.2, 0.25) is 0 Å². The van der Waals surface area contributed by atoms with Crippen LogP contribution in [0.1, 0.15) is 0 Å². The van der Waals surface area contributed by atoms with E-state index in [0.29, 0.717) is 12.3 Å². The van der Waals surface area contributed by atoms with Gasteiger partial charge in [0.1, 0.15) is 6.61 Å². The van der Waals surface area contributed by atoms with Crippen LogP contribution < -0.4 is 5.32 Å². The third-order valence-corrected chi connectivity index (χ3v) is 3.56. The lowest BCUT2D eigenvalue weighted by Crippen LogP contribution is -2.26. The Labute approximate surface area is 106 Å². The number of hydrogen-bond acceptors (Lipinski definition) is 6. The molecule has 0 radical (unpaired) electrons. The maximum Gasteiger partial charge on any atom is 0.261 e. The normalized spacial score (nSPS) is 17.6. The molecule has 2 N–H and O–H groups in total. The van der Waals surface area contributed by atoms with Crippen LogP contribution in [0.3, 0.4) is 0 Å². The van der Waals surface area contributed by atoms with E-state index in [-0.39, 0.29) is 36.5 Å². The number of sulfone groups is 1. The molecule has 0 aliphatic carbocycles. The SMILES string of the molecule is O=S1(=O)CC=C(NC(=S)OCCOCCO)C1. The van der Waals surface area contributed by atoms with Gasteiger partial charge in [0.15, 0.2) is 9.84 Å². The second-order valence-corrected chi connectivity index (χ2v) is 5.86. The number of aliphatic hydroxyl groups is 1. The first-order valence-electron chi connectivity index (χ1n) is 5.05. The number of ether oxygens (including phenoxy) is 2. The average molecular weight is 281 g/mol. The predicted octanol–water partition coefficient (Wildman–Crippen LogP) is -0.801.